The van der Waals surface area contributed by atoms with Gasteiger partial charge in [-0.15, -0.1) is 0 Å². The van der Waals surface area contributed by atoms with Gasteiger partial charge < -0.3 is 10.2 Å². The zero-order valence-electron chi connectivity index (χ0n) is 14.9. The molecular formula is C21H24FN3O. The summed E-state index contributed by atoms with van der Waals surface area (Å²) in [5.74, 6) is -0.199. The van der Waals surface area contributed by atoms with E-state index in [-0.39, 0.29) is 11.8 Å². The van der Waals surface area contributed by atoms with Crippen molar-refractivity contribution in [3.05, 3.63) is 65.0 Å². The normalized spacial score (nSPS) is 17.2. The van der Waals surface area contributed by atoms with Gasteiger partial charge in [0.1, 0.15) is 5.82 Å². The maximum absolute atomic E-state index is 13.3. The third kappa shape index (κ3) is 3.88. The second kappa shape index (κ2) is 7.46. The molecule has 4 nitrogen and oxygen atoms in total. The molecule has 2 aliphatic rings. The number of amides is 2. The van der Waals surface area contributed by atoms with Crippen molar-refractivity contribution in [2.45, 2.75) is 25.8 Å². The Balaban J connectivity index is 1.29. The summed E-state index contributed by atoms with van der Waals surface area (Å²) in [4.78, 5) is 16.6. The van der Waals surface area contributed by atoms with Crippen LogP contribution < -0.4 is 5.32 Å². The maximum atomic E-state index is 13.3. The Morgan fingerprint density at radius 3 is 2.62 bits per heavy atom. The minimum absolute atomic E-state index is 0.0339. The van der Waals surface area contributed by atoms with Crippen LogP contribution in [0.2, 0.25) is 0 Å². The van der Waals surface area contributed by atoms with Gasteiger partial charge in [-0.1, -0.05) is 18.2 Å². The van der Waals surface area contributed by atoms with Gasteiger partial charge in [0.15, 0.2) is 0 Å². The molecule has 0 spiro atoms. The average Bonchev–Trinajstić information content (AvgIpc) is 3.10. The fourth-order valence-electron chi connectivity index (χ4n) is 3.85. The summed E-state index contributed by atoms with van der Waals surface area (Å²) >= 11 is 0. The van der Waals surface area contributed by atoms with Crippen LogP contribution in [0.4, 0.5) is 14.9 Å². The number of aryl methyl sites for hydroxylation is 2. The van der Waals surface area contributed by atoms with E-state index in [1.807, 2.05) is 17.0 Å². The number of piperazine rings is 1. The van der Waals surface area contributed by atoms with Crippen LogP contribution in [-0.2, 0) is 19.4 Å². The predicted molar refractivity (Wildman–Crippen MR) is 101 cm³/mol. The largest absolute Gasteiger partial charge is 0.322 e. The summed E-state index contributed by atoms with van der Waals surface area (Å²) in [6.45, 7) is 3.69. The summed E-state index contributed by atoms with van der Waals surface area (Å²) < 4.78 is 13.3. The van der Waals surface area contributed by atoms with Crippen molar-refractivity contribution in [2.75, 3.05) is 31.5 Å². The number of anilines is 1. The number of hydrogen-bond acceptors (Lipinski definition) is 2. The van der Waals surface area contributed by atoms with Crippen LogP contribution in [0.15, 0.2) is 42.5 Å². The van der Waals surface area contributed by atoms with Gasteiger partial charge in [-0.05, 0) is 60.2 Å². The molecule has 0 bridgehead atoms. The topological polar surface area (TPSA) is 35.6 Å². The first kappa shape index (κ1) is 17.0. The highest BCUT2D eigenvalue weighted by Crippen LogP contribution is 2.25. The molecule has 26 heavy (non-hydrogen) atoms. The molecule has 1 fully saturated rings. The fraction of sp³-hybridized carbons (Fsp3) is 0.381. The summed E-state index contributed by atoms with van der Waals surface area (Å²) in [5.41, 5.74) is 4.63. The molecule has 1 heterocycles. The minimum Gasteiger partial charge on any atom is -0.322 e. The smallest absolute Gasteiger partial charge is 0.321 e. The number of fused-ring (bicyclic) bond motifs is 1. The first-order valence-corrected chi connectivity index (χ1v) is 9.32. The number of carbonyl (C=O) groups is 1. The highest BCUT2D eigenvalue weighted by molar-refractivity contribution is 5.89. The van der Waals surface area contributed by atoms with Crippen LogP contribution in [0.25, 0.3) is 0 Å². The molecule has 2 aromatic rings. The third-order valence-corrected chi connectivity index (χ3v) is 5.30. The number of benzene rings is 2. The van der Waals surface area contributed by atoms with E-state index in [0.717, 1.165) is 43.7 Å². The van der Waals surface area contributed by atoms with Crippen LogP contribution in [-0.4, -0.2) is 42.0 Å². The van der Waals surface area contributed by atoms with Gasteiger partial charge in [-0.2, -0.15) is 0 Å². The van der Waals surface area contributed by atoms with Crippen LogP contribution in [0.1, 0.15) is 23.1 Å². The molecule has 2 aromatic carbocycles. The van der Waals surface area contributed by atoms with Crippen molar-refractivity contribution < 1.29 is 9.18 Å². The lowest BCUT2D eigenvalue weighted by molar-refractivity contribution is 0.143. The second-order valence-electron chi connectivity index (χ2n) is 7.16. The Labute approximate surface area is 153 Å². The SMILES string of the molecule is O=C(Nc1ccc2c(c1)CCC2)N1CCN(Cc2cccc(F)c2)CC1. The number of hydrogen-bond donors (Lipinski definition) is 1. The van der Waals surface area contributed by atoms with E-state index >= 15 is 0 Å². The zero-order chi connectivity index (χ0) is 17.9. The molecule has 0 unspecified atom stereocenters. The Hall–Kier alpha value is -2.40. The lowest BCUT2D eigenvalue weighted by Gasteiger charge is -2.34. The first-order valence-electron chi connectivity index (χ1n) is 9.32. The van der Waals surface area contributed by atoms with Gasteiger partial charge >= 0.3 is 6.03 Å². The molecule has 1 N–H and O–H groups in total. The maximum Gasteiger partial charge on any atom is 0.321 e. The molecule has 0 saturated carbocycles. The molecule has 0 atom stereocenters. The number of nitrogens with zero attached hydrogens (tertiary/aromatic N) is 2. The van der Waals surface area contributed by atoms with E-state index in [1.54, 1.807) is 12.1 Å². The van der Waals surface area contributed by atoms with E-state index < -0.39 is 0 Å². The van der Waals surface area contributed by atoms with Gasteiger partial charge in [0.25, 0.3) is 0 Å². The standard InChI is InChI=1S/C21H24FN3O/c22-19-6-1-3-16(13-19)15-24-9-11-25(12-10-24)21(26)23-20-8-7-17-4-2-5-18(17)14-20/h1,3,6-8,13-14H,2,4-5,9-12,15H2,(H,23,26). The average molecular weight is 353 g/mol. The quantitative estimate of drug-likeness (QED) is 0.914. The van der Waals surface area contributed by atoms with Crippen molar-refractivity contribution in [2.24, 2.45) is 0 Å². The van der Waals surface area contributed by atoms with Gasteiger partial charge in [0, 0.05) is 38.4 Å². The van der Waals surface area contributed by atoms with Crippen LogP contribution >= 0.6 is 0 Å². The fourth-order valence-corrected chi connectivity index (χ4v) is 3.85. The van der Waals surface area contributed by atoms with Gasteiger partial charge in [-0.3, -0.25) is 4.90 Å². The van der Waals surface area contributed by atoms with E-state index in [0.29, 0.717) is 13.1 Å². The van der Waals surface area contributed by atoms with Crippen molar-refractivity contribution in [3.63, 3.8) is 0 Å². The summed E-state index contributed by atoms with van der Waals surface area (Å²) in [6, 6.07) is 12.9. The zero-order valence-corrected chi connectivity index (χ0v) is 14.9. The van der Waals surface area contributed by atoms with E-state index in [9.17, 15) is 9.18 Å². The lowest BCUT2D eigenvalue weighted by Crippen LogP contribution is -2.49. The Kier molecular flexibility index (Phi) is 4.89. The molecule has 2 amide bonds. The van der Waals surface area contributed by atoms with E-state index in [1.165, 1.54) is 23.6 Å². The van der Waals surface area contributed by atoms with E-state index in [2.05, 4.69) is 22.3 Å². The molecular weight excluding hydrogens is 329 g/mol. The second-order valence-corrected chi connectivity index (χ2v) is 7.16. The number of urea groups is 1. The Bertz CT molecular complexity index is 800. The molecule has 1 aliphatic heterocycles. The third-order valence-electron chi connectivity index (χ3n) is 5.30. The predicted octanol–water partition coefficient (Wildman–Crippen LogP) is 3.66. The van der Waals surface area contributed by atoms with Crippen molar-refractivity contribution >= 4 is 11.7 Å². The monoisotopic (exact) mass is 353 g/mol. The number of carbonyl (C=O) groups excluding carboxylic acids is 1. The summed E-state index contributed by atoms with van der Waals surface area (Å²) in [7, 11) is 0. The minimum atomic E-state index is -0.199. The first-order chi connectivity index (χ1) is 12.7. The molecule has 136 valence electrons. The highest BCUT2D eigenvalue weighted by atomic mass is 19.1. The van der Waals surface area contributed by atoms with Crippen LogP contribution in [0.5, 0.6) is 0 Å². The molecule has 4 rings (SSSR count). The van der Waals surface area contributed by atoms with Crippen molar-refractivity contribution in [1.29, 1.82) is 0 Å². The lowest BCUT2D eigenvalue weighted by atomic mass is 10.1. The van der Waals surface area contributed by atoms with E-state index in [4.69, 9.17) is 0 Å². The molecule has 5 heteroatoms. The Morgan fingerprint density at radius 1 is 1.00 bits per heavy atom. The molecule has 0 aromatic heterocycles. The number of rotatable bonds is 3. The number of halogens is 1. The summed E-state index contributed by atoms with van der Waals surface area (Å²) in [5, 5.41) is 3.03. The van der Waals surface area contributed by atoms with Gasteiger partial charge in [-0.25, -0.2) is 9.18 Å². The Morgan fingerprint density at radius 2 is 1.81 bits per heavy atom. The molecule has 0 radical (unpaired) electrons. The van der Waals surface area contributed by atoms with Gasteiger partial charge in [0.05, 0.1) is 0 Å². The van der Waals surface area contributed by atoms with Crippen LogP contribution in [0.3, 0.4) is 0 Å². The van der Waals surface area contributed by atoms with Crippen molar-refractivity contribution in [3.8, 4) is 0 Å². The summed E-state index contributed by atoms with van der Waals surface area (Å²) in [6.07, 6.45) is 3.47. The molecule has 1 aliphatic carbocycles. The van der Waals surface area contributed by atoms with Crippen LogP contribution in [0, 0.1) is 5.82 Å². The highest BCUT2D eigenvalue weighted by Gasteiger charge is 2.21. The molecule has 1 saturated heterocycles. The van der Waals surface area contributed by atoms with Gasteiger partial charge in [0.2, 0.25) is 0 Å². The van der Waals surface area contributed by atoms with Crippen molar-refractivity contribution in [1.82, 2.24) is 9.80 Å². The number of nitrogens with one attached hydrogen (secondary N) is 1.